The molecule has 3 rings (SSSR count). The second-order valence-corrected chi connectivity index (χ2v) is 10.7. The Kier molecular flexibility index (Phi) is 10.9. The molecule has 0 spiro atoms. The van der Waals surface area contributed by atoms with E-state index in [-0.39, 0.29) is 23.9 Å². The Labute approximate surface area is 222 Å². The van der Waals surface area contributed by atoms with Crippen LogP contribution in [0.15, 0.2) is 36.8 Å². The van der Waals surface area contributed by atoms with Crippen LogP contribution in [0, 0.1) is 11.8 Å². The van der Waals surface area contributed by atoms with Crippen LogP contribution in [-0.2, 0) is 27.2 Å². The highest BCUT2D eigenvalue weighted by molar-refractivity contribution is 7.98. The van der Waals surface area contributed by atoms with Gasteiger partial charge in [0.2, 0.25) is 0 Å². The van der Waals surface area contributed by atoms with Crippen molar-refractivity contribution in [3.63, 3.8) is 0 Å². The Morgan fingerprint density at radius 2 is 2.03 bits per heavy atom. The van der Waals surface area contributed by atoms with Crippen molar-refractivity contribution in [2.75, 3.05) is 18.6 Å². The van der Waals surface area contributed by atoms with Crippen molar-refractivity contribution in [1.82, 2.24) is 20.6 Å². The van der Waals surface area contributed by atoms with E-state index in [2.05, 4.69) is 20.6 Å². The van der Waals surface area contributed by atoms with Crippen LogP contribution < -0.4 is 16.4 Å². The number of aromatic amines is 1. The number of carbonyl (C=O) groups excluding carboxylic acids is 2. The van der Waals surface area contributed by atoms with Gasteiger partial charge in [0.25, 0.3) is 0 Å². The lowest BCUT2D eigenvalue weighted by Crippen LogP contribution is -2.61. The number of carboxylic acid groups (broad SMARTS) is 1. The third kappa shape index (κ3) is 7.28. The Bertz CT molecular complexity index is 1050. The van der Waals surface area contributed by atoms with Gasteiger partial charge in [0.05, 0.1) is 30.0 Å². The highest BCUT2D eigenvalue weighted by Gasteiger charge is 2.42. The number of nitrogens with one attached hydrogen (secondary N) is 3. The fraction of sp³-hybridized carbons (Fsp3) is 0.556. The lowest BCUT2D eigenvalue weighted by atomic mass is 9.83. The summed E-state index contributed by atoms with van der Waals surface area (Å²) in [6.45, 7) is 4.57. The summed E-state index contributed by atoms with van der Waals surface area (Å²) in [7, 11) is 0. The molecule has 37 heavy (non-hydrogen) atoms. The molecule has 1 aromatic carbocycles. The maximum atomic E-state index is 13.9. The first kappa shape index (κ1) is 29.0. The molecule has 0 bridgehead atoms. The lowest BCUT2D eigenvalue weighted by Gasteiger charge is -2.35. The van der Waals surface area contributed by atoms with Crippen molar-refractivity contribution >= 4 is 29.3 Å². The van der Waals surface area contributed by atoms with Crippen molar-refractivity contribution in [2.45, 2.75) is 63.7 Å². The van der Waals surface area contributed by atoms with E-state index >= 15 is 0 Å². The SMILES string of the molecule is CC[C@H](C)[C@H](N)C(N[C@H](C(=O)O)[C@H](CSC)C(=O)C1NCCc2ccccc21)C(=O)CCc1c[nH]cn1. The van der Waals surface area contributed by atoms with Crippen molar-refractivity contribution in [2.24, 2.45) is 17.6 Å². The quantitative estimate of drug-likeness (QED) is 0.234. The van der Waals surface area contributed by atoms with Gasteiger partial charge in [0.15, 0.2) is 11.6 Å². The monoisotopic (exact) mass is 529 g/mol. The number of hydrogen-bond donors (Lipinski definition) is 5. The zero-order valence-electron chi connectivity index (χ0n) is 21.8. The van der Waals surface area contributed by atoms with E-state index in [9.17, 15) is 19.5 Å². The number of Topliss-reactive ketones (excluding diaryl/α,β-unsaturated/α-hetero) is 2. The van der Waals surface area contributed by atoms with E-state index in [0.29, 0.717) is 18.7 Å². The minimum atomic E-state index is -1.26. The number of aromatic nitrogens is 2. The number of H-pyrrole nitrogens is 1. The third-order valence-corrected chi connectivity index (χ3v) is 8.04. The normalized spacial score (nSPS) is 19.3. The molecule has 1 aliphatic rings. The number of aliphatic carboxylic acids is 1. The molecule has 0 amide bonds. The van der Waals surface area contributed by atoms with Crippen LogP contribution in [0.2, 0.25) is 0 Å². The largest absolute Gasteiger partial charge is 0.480 e. The van der Waals surface area contributed by atoms with Gasteiger partial charge in [-0.3, -0.25) is 19.7 Å². The Hall–Kier alpha value is -2.53. The number of hydrogen-bond acceptors (Lipinski definition) is 8. The van der Waals surface area contributed by atoms with Gasteiger partial charge < -0.3 is 21.1 Å². The molecule has 9 nitrogen and oxygen atoms in total. The van der Waals surface area contributed by atoms with Crippen molar-refractivity contribution in [1.29, 1.82) is 0 Å². The van der Waals surface area contributed by atoms with Crippen LogP contribution in [0.25, 0.3) is 0 Å². The van der Waals surface area contributed by atoms with E-state index in [1.807, 2.05) is 44.4 Å². The minimum absolute atomic E-state index is 0.0251. The summed E-state index contributed by atoms with van der Waals surface area (Å²) in [4.78, 5) is 46.9. The summed E-state index contributed by atoms with van der Waals surface area (Å²) in [6.07, 6.45) is 7.26. The van der Waals surface area contributed by atoms with E-state index < -0.39 is 36.1 Å². The molecule has 202 valence electrons. The number of imidazole rings is 1. The maximum Gasteiger partial charge on any atom is 0.321 e. The molecule has 0 fully saturated rings. The molecule has 2 unspecified atom stereocenters. The first-order valence-corrected chi connectivity index (χ1v) is 14.3. The number of nitrogens with zero attached hydrogens (tertiary/aromatic N) is 1. The highest BCUT2D eigenvalue weighted by Crippen LogP contribution is 2.28. The van der Waals surface area contributed by atoms with Gasteiger partial charge in [-0.2, -0.15) is 11.8 Å². The first-order chi connectivity index (χ1) is 17.8. The average Bonchev–Trinajstić information content (AvgIpc) is 3.43. The van der Waals surface area contributed by atoms with E-state index in [4.69, 9.17) is 5.73 Å². The summed E-state index contributed by atoms with van der Waals surface area (Å²) in [5.74, 6) is -2.13. The van der Waals surface area contributed by atoms with Crippen LogP contribution in [0.5, 0.6) is 0 Å². The van der Waals surface area contributed by atoms with Gasteiger partial charge in [-0.05, 0) is 36.1 Å². The predicted molar refractivity (Wildman–Crippen MR) is 145 cm³/mol. The molecule has 6 N–H and O–H groups in total. The molecule has 0 saturated heterocycles. The van der Waals surface area contributed by atoms with Crippen molar-refractivity contribution in [3.8, 4) is 0 Å². The van der Waals surface area contributed by atoms with Gasteiger partial charge >= 0.3 is 5.97 Å². The number of rotatable bonds is 15. The van der Waals surface area contributed by atoms with Gasteiger partial charge in [0.1, 0.15) is 6.04 Å². The second-order valence-electron chi connectivity index (χ2n) is 9.75. The molecule has 2 aromatic rings. The molecule has 0 aliphatic carbocycles. The molecule has 6 atom stereocenters. The Balaban J connectivity index is 1.88. The molecule has 10 heteroatoms. The van der Waals surface area contributed by atoms with Crippen LogP contribution in [0.4, 0.5) is 0 Å². The number of carbonyl (C=O) groups is 3. The Morgan fingerprint density at radius 1 is 1.27 bits per heavy atom. The third-order valence-electron chi connectivity index (χ3n) is 7.35. The van der Waals surface area contributed by atoms with Gasteiger partial charge in [-0.1, -0.05) is 44.5 Å². The molecule has 0 saturated carbocycles. The van der Waals surface area contributed by atoms with Crippen LogP contribution in [-0.4, -0.2) is 69.3 Å². The summed E-state index contributed by atoms with van der Waals surface area (Å²) in [5.41, 5.74) is 9.25. The first-order valence-electron chi connectivity index (χ1n) is 12.9. The topological polar surface area (TPSA) is 150 Å². The minimum Gasteiger partial charge on any atom is -0.480 e. The lowest BCUT2D eigenvalue weighted by molar-refractivity contribution is -0.144. The average molecular weight is 530 g/mol. The van der Waals surface area contributed by atoms with Crippen molar-refractivity contribution < 1.29 is 19.5 Å². The number of aryl methyl sites for hydroxylation is 1. The van der Waals surface area contributed by atoms with Gasteiger partial charge in [-0.15, -0.1) is 0 Å². The van der Waals surface area contributed by atoms with Crippen LogP contribution >= 0.6 is 11.8 Å². The maximum absolute atomic E-state index is 13.9. The summed E-state index contributed by atoms with van der Waals surface area (Å²) >= 11 is 1.41. The number of carboxylic acids is 1. The standard InChI is InChI=1S/C27H39N5O4S/c1-4-16(2)22(28)25(21(33)10-9-18-13-29-15-31-18)32-24(27(35)36)20(14-37-3)26(34)23-19-8-6-5-7-17(19)11-12-30-23/h5-8,13,15-16,20,22-25,30,32H,4,9-12,14,28H2,1-3H3,(H,29,31)(H,35,36)/t16-,20-,22-,23?,24-,25?/m0/s1. The fourth-order valence-electron chi connectivity index (χ4n) is 4.90. The number of fused-ring (bicyclic) bond motifs is 1. The molecular weight excluding hydrogens is 490 g/mol. The Morgan fingerprint density at radius 3 is 2.68 bits per heavy atom. The summed E-state index contributed by atoms with van der Waals surface area (Å²) < 4.78 is 0. The molecule has 1 aromatic heterocycles. The number of thioether (sulfide) groups is 1. The molecular formula is C27H39N5O4S. The molecule has 1 aliphatic heterocycles. The van der Waals surface area contributed by atoms with Gasteiger partial charge in [0, 0.05) is 31.0 Å². The number of nitrogens with two attached hydrogens (primary N) is 1. The molecule has 2 heterocycles. The van der Waals surface area contributed by atoms with Crippen molar-refractivity contribution in [3.05, 3.63) is 53.6 Å². The smallest absolute Gasteiger partial charge is 0.321 e. The number of benzene rings is 1. The summed E-state index contributed by atoms with van der Waals surface area (Å²) in [6, 6.07) is 4.41. The fourth-order valence-corrected chi connectivity index (χ4v) is 5.62. The zero-order chi connectivity index (χ0) is 26.9. The molecule has 0 radical (unpaired) electrons. The zero-order valence-corrected chi connectivity index (χ0v) is 22.6. The van der Waals surface area contributed by atoms with E-state index in [1.54, 1.807) is 12.5 Å². The van der Waals surface area contributed by atoms with E-state index in [1.165, 1.54) is 11.8 Å². The van der Waals surface area contributed by atoms with Gasteiger partial charge in [-0.25, -0.2) is 4.98 Å². The predicted octanol–water partition coefficient (Wildman–Crippen LogP) is 2.13. The number of ketones is 2. The summed E-state index contributed by atoms with van der Waals surface area (Å²) in [5, 5.41) is 16.6. The van der Waals surface area contributed by atoms with E-state index in [0.717, 1.165) is 29.7 Å². The van der Waals surface area contributed by atoms with Crippen LogP contribution in [0.3, 0.4) is 0 Å². The second kappa shape index (κ2) is 13.9. The van der Waals surface area contributed by atoms with Crippen LogP contribution in [0.1, 0.15) is 49.6 Å². The highest BCUT2D eigenvalue weighted by atomic mass is 32.2.